The second-order valence-corrected chi connectivity index (χ2v) is 8.42. The number of carbonyl (C=O) groups excluding carboxylic acids is 2. The number of likely N-dealkylation sites (tertiary alicyclic amines) is 1. The SMILES string of the molecule is CCCCCOc1cccc(C2/C(=C(\O)c3ccc(OCC)cc3)C(=O)C(=O)N2CCCOC)c1. The summed E-state index contributed by atoms with van der Waals surface area (Å²) in [6.07, 6.45) is 3.71. The number of benzene rings is 2. The first-order valence-corrected chi connectivity index (χ1v) is 12.2. The molecule has 0 radical (unpaired) electrons. The Morgan fingerprint density at radius 1 is 0.943 bits per heavy atom. The molecule has 7 heteroatoms. The Kier molecular flexibility index (Phi) is 9.73. The van der Waals surface area contributed by atoms with Crippen molar-refractivity contribution < 1.29 is 28.9 Å². The molecule has 1 saturated heterocycles. The van der Waals surface area contributed by atoms with E-state index in [1.54, 1.807) is 31.4 Å². The van der Waals surface area contributed by atoms with E-state index in [9.17, 15) is 14.7 Å². The highest BCUT2D eigenvalue weighted by Crippen LogP contribution is 2.40. The number of Topliss-reactive ketones (excluding diaryl/α,β-unsaturated/α-hetero) is 1. The lowest BCUT2D eigenvalue weighted by Crippen LogP contribution is -2.31. The maximum atomic E-state index is 13.1. The van der Waals surface area contributed by atoms with Gasteiger partial charge in [-0.2, -0.15) is 0 Å². The van der Waals surface area contributed by atoms with Crippen LogP contribution in [0.4, 0.5) is 0 Å². The van der Waals surface area contributed by atoms with Crippen LogP contribution >= 0.6 is 0 Å². The van der Waals surface area contributed by atoms with Gasteiger partial charge in [0, 0.05) is 25.8 Å². The number of nitrogens with zero attached hydrogens (tertiary/aromatic N) is 1. The number of amides is 1. The molecule has 0 spiro atoms. The van der Waals surface area contributed by atoms with Gasteiger partial charge in [0.25, 0.3) is 11.7 Å². The van der Waals surface area contributed by atoms with Gasteiger partial charge in [-0.25, -0.2) is 0 Å². The second-order valence-electron chi connectivity index (χ2n) is 8.42. The molecule has 35 heavy (non-hydrogen) atoms. The van der Waals surface area contributed by atoms with Crippen LogP contribution in [0.2, 0.25) is 0 Å². The van der Waals surface area contributed by atoms with Gasteiger partial charge in [0.2, 0.25) is 0 Å². The summed E-state index contributed by atoms with van der Waals surface area (Å²) in [5, 5.41) is 11.2. The quantitative estimate of drug-likeness (QED) is 0.185. The minimum atomic E-state index is -0.724. The number of carbonyl (C=O) groups is 2. The van der Waals surface area contributed by atoms with Crippen molar-refractivity contribution in [3.63, 3.8) is 0 Å². The largest absolute Gasteiger partial charge is 0.507 e. The molecule has 2 aromatic carbocycles. The maximum Gasteiger partial charge on any atom is 0.295 e. The van der Waals surface area contributed by atoms with E-state index >= 15 is 0 Å². The van der Waals surface area contributed by atoms with Crippen LogP contribution in [0.5, 0.6) is 11.5 Å². The predicted molar refractivity (Wildman–Crippen MR) is 135 cm³/mol. The molecule has 1 aliphatic rings. The molecule has 1 fully saturated rings. The van der Waals surface area contributed by atoms with Crippen molar-refractivity contribution in [2.24, 2.45) is 0 Å². The third-order valence-electron chi connectivity index (χ3n) is 5.92. The van der Waals surface area contributed by atoms with Gasteiger partial charge in [-0.15, -0.1) is 0 Å². The number of rotatable bonds is 13. The molecule has 3 rings (SSSR count). The van der Waals surface area contributed by atoms with Crippen LogP contribution in [0, 0.1) is 0 Å². The zero-order valence-corrected chi connectivity index (χ0v) is 20.8. The predicted octanol–water partition coefficient (Wildman–Crippen LogP) is 5.11. The first-order valence-electron chi connectivity index (χ1n) is 12.2. The lowest BCUT2D eigenvalue weighted by Gasteiger charge is -2.25. The standard InChI is InChI=1S/C28H35NO6/c1-4-6-7-18-35-23-11-8-10-21(19-23)25-24(27(31)28(32)29(25)16-9-17-33-3)26(30)20-12-14-22(15-13-20)34-5-2/h8,10-15,19,25,30H,4-7,9,16-18H2,1-3H3/b26-24+. The first-order chi connectivity index (χ1) is 17.0. The Morgan fingerprint density at radius 3 is 2.40 bits per heavy atom. The van der Waals surface area contributed by atoms with Crippen molar-refractivity contribution in [2.75, 3.05) is 33.5 Å². The van der Waals surface area contributed by atoms with Crippen LogP contribution in [-0.2, 0) is 14.3 Å². The van der Waals surface area contributed by atoms with E-state index in [1.165, 1.54) is 4.90 Å². The average Bonchev–Trinajstić information content (AvgIpc) is 3.12. The zero-order chi connectivity index (χ0) is 25.2. The zero-order valence-electron chi connectivity index (χ0n) is 20.8. The van der Waals surface area contributed by atoms with Gasteiger partial charge in [0.15, 0.2) is 0 Å². The van der Waals surface area contributed by atoms with Gasteiger partial charge in [-0.05, 0) is 61.7 Å². The number of ether oxygens (including phenoxy) is 3. The summed E-state index contributed by atoms with van der Waals surface area (Å²) >= 11 is 0. The number of aliphatic hydroxyl groups excluding tert-OH is 1. The number of aliphatic hydroxyl groups is 1. The molecule has 0 saturated carbocycles. The summed E-state index contributed by atoms with van der Waals surface area (Å²) in [5.41, 5.74) is 1.22. The molecule has 1 N–H and O–H groups in total. The Hall–Kier alpha value is -3.32. The fourth-order valence-electron chi connectivity index (χ4n) is 4.18. The Morgan fingerprint density at radius 2 is 1.71 bits per heavy atom. The monoisotopic (exact) mass is 481 g/mol. The third kappa shape index (κ3) is 6.42. The average molecular weight is 482 g/mol. The smallest absolute Gasteiger partial charge is 0.295 e. The van der Waals surface area contributed by atoms with Crippen LogP contribution in [0.15, 0.2) is 54.1 Å². The van der Waals surface area contributed by atoms with Crippen molar-refractivity contribution in [2.45, 2.75) is 45.6 Å². The third-order valence-corrected chi connectivity index (χ3v) is 5.92. The number of hydrogen-bond donors (Lipinski definition) is 1. The topological polar surface area (TPSA) is 85.3 Å². The van der Waals surface area contributed by atoms with Crippen molar-refractivity contribution >= 4 is 17.4 Å². The van der Waals surface area contributed by atoms with Crippen molar-refractivity contribution in [1.82, 2.24) is 4.90 Å². The van der Waals surface area contributed by atoms with Crippen molar-refractivity contribution in [3.05, 3.63) is 65.2 Å². The summed E-state index contributed by atoms with van der Waals surface area (Å²) in [6.45, 7) is 5.92. The van der Waals surface area contributed by atoms with Crippen LogP contribution in [-0.4, -0.2) is 55.2 Å². The number of methoxy groups -OCH3 is 1. The molecule has 1 aliphatic heterocycles. The van der Waals surface area contributed by atoms with E-state index in [-0.39, 0.29) is 11.3 Å². The Bertz CT molecular complexity index is 1030. The molecule has 7 nitrogen and oxygen atoms in total. The molecular weight excluding hydrogens is 446 g/mol. The van der Waals surface area contributed by atoms with Gasteiger partial charge < -0.3 is 24.2 Å². The lowest BCUT2D eigenvalue weighted by molar-refractivity contribution is -0.140. The molecular formula is C28H35NO6. The Labute approximate surface area is 207 Å². The molecule has 1 atom stereocenters. The van der Waals surface area contributed by atoms with E-state index in [2.05, 4.69) is 6.92 Å². The number of hydrogen-bond acceptors (Lipinski definition) is 6. The van der Waals surface area contributed by atoms with Gasteiger partial charge in [-0.1, -0.05) is 31.9 Å². The fraction of sp³-hybridized carbons (Fsp3) is 0.429. The van der Waals surface area contributed by atoms with E-state index < -0.39 is 17.7 Å². The molecule has 2 aromatic rings. The molecule has 188 valence electrons. The van der Waals surface area contributed by atoms with Crippen LogP contribution in [0.3, 0.4) is 0 Å². The normalized spacial score (nSPS) is 17.1. The Balaban J connectivity index is 2.00. The molecule has 0 aliphatic carbocycles. The highest BCUT2D eigenvalue weighted by atomic mass is 16.5. The minimum Gasteiger partial charge on any atom is -0.507 e. The summed E-state index contributed by atoms with van der Waals surface area (Å²) in [5.74, 6) is -0.212. The molecule has 0 aromatic heterocycles. The maximum absolute atomic E-state index is 13.1. The van der Waals surface area contributed by atoms with Gasteiger partial charge in [0.1, 0.15) is 17.3 Å². The highest BCUT2D eigenvalue weighted by molar-refractivity contribution is 6.46. The van der Waals surface area contributed by atoms with Crippen molar-refractivity contribution in [1.29, 1.82) is 0 Å². The number of unbranched alkanes of at least 4 members (excludes halogenated alkanes) is 2. The first kappa shape index (κ1) is 26.3. The van der Waals surface area contributed by atoms with E-state index in [1.807, 2.05) is 31.2 Å². The van der Waals surface area contributed by atoms with Crippen LogP contribution in [0.25, 0.3) is 5.76 Å². The van der Waals surface area contributed by atoms with Crippen LogP contribution < -0.4 is 9.47 Å². The summed E-state index contributed by atoms with van der Waals surface area (Å²) in [7, 11) is 1.59. The summed E-state index contributed by atoms with van der Waals surface area (Å²) in [4.78, 5) is 27.7. The summed E-state index contributed by atoms with van der Waals surface area (Å²) in [6, 6.07) is 13.5. The van der Waals surface area contributed by atoms with Crippen LogP contribution in [0.1, 0.15) is 56.7 Å². The fourth-order valence-corrected chi connectivity index (χ4v) is 4.18. The number of ketones is 1. The minimum absolute atomic E-state index is 0.0692. The summed E-state index contributed by atoms with van der Waals surface area (Å²) < 4.78 is 16.5. The highest BCUT2D eigenvalue weighted by Gasteiger charge is 2.45. The van der Waals surface area contributed by atoms with Gasteiger partial charge in [-0.3, -0.25) is 9.59 Å². The second kappa shape index (κ2) is 13.0. The van der Waals surface area contributed by atoms with Gasteiger partial charge >= 0.3 is 0 Å². The van der Waals surface area contributed by atoms with E-state index in [0.717, 1.165) is 19.3 Å². The lowest BCUT2D eigenvalue weighted by atomic mass is 9.95. The molecule has 1 heterocycles. The van der Waals surface area contributed by atoms with E-state index in [0.29, 0.717) is 55.4 Å². The van der Waals surface area contributed by atoms with E-state index in [4.69, 9.17) is 14.2 Å². The molecule has 1 unspecified atom stereocenters. The van der Waals surface area contributed by atoms with Crippen molar-refractivity contribution in [3.8, 4) is 11.5 Å². The van der Waals surface area contributed by atoms with Gasteiger partial charge in [0.05, 0.1) is 24.8 Å². The molecule has 0 bridgehead atoms. The molecule has 1 amide bonds.